The van der Waals surface area contributed by atoms with E-state index in [1.807, 2.05) is 0 Å². The molecule has 4 rings (SSSR count). The number of ether oxygens (including phenoxy) is 2. The summed E-state index contributed by atoms with van der Waals surface area (Å²) in [7, 11) is -3.57. The molecule has 9 nitrogen and oxygen atoms in total. The first-order chi connectivity index (χ1) is 15.3. The van der Waals surface area contributed by atoms with Gasteiger partial charge in [0, 0.05) is 43.5 Å². The molecule has 2 aromatic carbocycles. The Morgan fingerprint density at radius 2 is 1.78 bits per heavy atom. The topological polar surface area (TPSA) is 105 Å². The summed E-state index contributed by atoms with van der Waals surface area (Å²) in [6.45, 7) is 4.70. The zero-order valence-electron chi connectivity index (χ0n) is 17.9. The summed E-state index contributed by atoms with van der Waals surface area (Å²) < 4.78 is 37.3. The molecule has 10 heteroatoms. The number of carbonyl (C=O) groups excluding carboxylic acids is 2. The molecule has 0 bridgehead atoms. The average molecular weight is 460 g/mol. The van der Waals surface area contributed by atoms with E-state index in [9.17, 15) is 18.0 Å². The minimum Gasteiger partial charge on any atom is -0.454 e. The number of hydrogen-bond acceptors (Lipinski definition) is 6. The number of sulfonamides is 1. The van der Waals surface area contributed by atoms with Crippen molar-refractivity contribution in [1.29, 1.82) is 0 Å². The van der Waals surface area contributed by atoms with Crippen molar-refractivity contribution in [2.24, 2.45) is 5.92 Å². The predicted octanol–water partition coefficient (Wildman–Crippen LogP) is 2.44. The highest BCUT2D eigenvalue weighted by atomic mass is 32.2. The predicted molar refractivity (Wildman–Crippen MR) is 118 cm³/mol. The van der Waals surface area contributed by atoms with E-state index < -0.39 is 15.9 Å². The van der Waals surface area contributed by atoms with Gasteiger partial charge in [0.05, 0.1) is 10.8 Å². The van der Waals surface area contributed by atoms with E-state index in [0.717, 1.165) is 0 Å². The van der Waals surface area contributed by atoms with Crippen LogP contribution in [0.3, 0.4) is 0 Å². The van der Waals surface area contributed by atoms with Gasteiger partial charge in [-0.1, -0.05) is 13.8 Å². The van der Waals surface area contributed by atoms with Crippen molar-refractivity contribution in [3.05, 3.63) is 42.5 Å². The normalized spacial score (nSPS) is 17.8. The molecule has 170 valence electrons. The Kier molecular flexibility index (Phi) is 6.07. The number of benzene rings is 2. The Labute approximate surface area is 187 Å². The Balaban J connectivity index is 1.44. The zero-order valence-corrected chi connectivity index (χ0v) is 18.7. The van der Waals surface area contributed by atoms with Crippen molar-refractivity contribution in [1.82, 2.24) is 4.31 Å². The Bertz CT molecular complexity index is 1130. The quantitative estimate of drug-likeness (QED) is 0.682. The Morgan fingerprint density at radius 3 is 2.47 bits per heavy atom. The second-order valence-corrected chi connectivity index (χ2v) is 9.48. The molecule has 1 unspecified atom stereocenters. The summed E-state index contributed by atoms with van der Waals surface area (Å²) in [5.74, 6) is 0.214. The van der Waals surface area contributed by atoms with E-state index in [1.54, 1.807) is 44.2 Å². The van der Waals surface area contributed by atoms with Crippen LogP contribution in [0.2, 0.25) is 0 Å². The minimum atomic E-state index is -3.57. The van der Waals surface area contributed by atoms with Gasteiger partial charge in [-0.05, 0) is 36.4 Å². The molecule has 0 aliphatic carbocycles. The SMILES string of the molecule is CCN(CC)S(=O)(=O)c1ccc(N2CC(C(=O)Nc3ccc4c(c3)OCO4)CC2=O)cc1. The standard InChI is InChI=1S/C22H25N3O6S/c1-3-24(4-2)32(28,29)18-8-6-17(7-9-18)25-13-15(11-21(25)26)22(27)23-16-5-10-19-20(12-16)31-14-30-19/h5-10,12,15H,3-4,11,13-14H2,1-2H3,(H,23,27). The molecule has 0 saturated carbocycles. The van der Waals surface area contributed by atoms with Crippen LogP contribution < -0.4 is 19.7 Å². The monoisotopic (exact) mass is 459 g/mol. The van der Waals surface area contributed by atoms with Gasteiger partial charge in [-0.25, -0.2) is 8.42 Å². The highest BCUT2D eigenvalue weighted by molar-refractivity contribution is 7.89. The number of carbonyl (C=O) groups is 2. The van der Waals surface area contributed by atoms with Crippen LogP contribution in [0, 0.1) is 5.92 Å². The molecule has 2 aliphatic rings. The fourth-order valence-corrected chi connectivity index (χ4v) is 5.32. The fourth-order valence-electron chi connectivity index (χ4n) is 3.86. The molecule has 2 aromatic rings. The summed E-state index contributed by atoms with van der Waals surface area (Å²) in [6.07, 6.45) is 0.0792. The Morgan fingerprint density at radius 1 is 1.09 bits per heavy atom. The molecule has 0 aromatic heterocycles. The van der Waals surface area contributed by atoms with Crippen LogP contribution in [-0.4, -0.2) is 51.0 Å². The van der Waals surface area contributed by atoms with E-state index in [2.05, 4.69) is 5.32 Å². The van der Waals surface area contributed by atoms with Gasteiger partial charge < -0.3 is 19.7 Å². The molecular weight excluding hydrogens is 434 g/mol. The van der Waals surface area contributed by atoms with Gasteiger partial charge in [-0.2, -0.15) is 4.31 Å². The van der Waals surface area contributed by atoms with Crippen molar-refractivity contribution >= 4 is 33.2 Å². The molecule has 2 amide bonds. The third-order valence-electron chi connectivity index (χ3n) is 5.63. The van der Waals surface area contributed by atoms with Gasteiger partial charge in [0.25, 0.3) is 0 Å². The maximum Gasteiger partial charge on any atom is 0.243 e. The lowest BCUT2D eigenvalue weighted by molar-refractivity contribution is -0.122. The first-order valence-corrected chi connectivity index (χ1v) is 11.9. The number of rotatable bonds is 7. The van der Waals surface area contributed by atoms with Gasteiger partial charge >= 0.3 is 0 Å². The van der Waals surface area contributed by atoms with E-state index in [4.69, 9.17) is 9.47 Å². The largest absolute Gasteiger partial charge is 0.454 e. The zero-order chi connectivity index (χ0) is 22.9. The lowest BCUT2D eigenvalue weighted by atomic mass is 10.1. The summed E-state index contributed by atoms with van der Waals surface area (Å²) in [5.41, 5.74) is 1.13. The van der Waals surface area contributed by atoms with Crippen molar-refractivity contribution in [2.75, 3.05) is 36.6 Å². The second-order valence-electron chi connectivity index (χ2n) is 7.55. The van der Waals surface area contributed by atoms with Gasteiger partial charge in [-0.15, -0.1) is 0 Å². The molecule has 2 heterocycles. The molecule has 1 N–H and O–H groups in total. The number of nitrogens with zero attached hydrogens (tertiary/aromatic N) is 2. The minimum absolute atomic E-state index is 0.0792. The van der Waals surface area contributed by atoms with Crippen LogP contribution in [0.25, 0.3) is 0 Å². The number of amides is 2. The summed E-state index contributed by atoms with van der Waals surface area (Å²) >= 11 is 0. The maximum atomic E-state index is 12.7. The van der Waals surface area contributed by atoms with Crippen molar-refractivity contribution in [2.45, 2.75) is 25.2 Å². The summed E-state index contributed by atoms with van der Waals surface area (Å²) in [6, 6.07) is 11.3. The van der Waals surface area contributed by atoms with Crippen LogP contribution >= 0.6 is 0 Å². The molecule has 1 fully saturated rings. The maximum absolute atomic E-state index is 12.7. The number of nitrogens with one attached hydrogen (secondary N) is 1. The first kappa shape index (κ1) is 22.1. The fraction of sp³-hybridized carbons (Fsp3) is 0.364. The highest BCUT2D eigenvalue weighted by Gasteiger charge is 2.35. The first-order valence-electron chi connectivity index (χ1n) is 10.4. The third-order valence-corrected chi connectivity index (χ3v) is 7.69. The van der Waals surface area contributed by atoms with Gasteiger partial charge in [-0.3, -0.25) is 9.59 Å². The molecular formula is C22H25N3O6S. The van der Waals surface area contributed by atoms with Crippen LogP contribution in [0.5, 0.6) is 11.5 Å². The molecule has 32 heavy (non-hydrogen) atoms. The lowest BCUT2D eigenvalue weighted by Gasteiger charge is -2.20. The third kappa shape index (κ3) is 4.15. The number of anilines is 2. The van der Waals surface area contributed by atoms with E-state index in [-0.39, 0.29) is 36.5 Å². The van der Waals surface area contributed by atoms with Crippen LogP contribution in [0.4, 0.5) is 11.4 Å². The Hall–Kier alpha value is -3.11. The van der Waals surface area contributed by atoms with Crippen molar-refractivity contribution in [3.63, 3.8) is 0 Å². The van der Waals surface area contributed by atoms with Crippen LogP contribution in [0.15, 0.2) is 47.4 Å². The van der Waals surface area contributed by atoms with Crippen molar-refractivity contribution < 1.29 is 27.5 Å². The highest BCUT2D eigenvalue weighted by Crippen LogP contribution is 2.35. The molecule has 0 radical (unpaired) electrons. The van der Waals surface area contributed by atoms with Gasteiger partial charge in [0.1, 0.15) is 0 Å². The van der Waals surface area contributed by atoms with Crippen LogP contribution in [0.1, 0.15) is 20.3 Å². The van der Waals surface area contributed by atoms with E-state index in [1.165, 1.54) is 21.3 Å². The van der Waals surface area contributed by atoms with E-state index >= 15 is 0 Å². The molecule has 1 atom stereocenters. The van der Waals surface area contributed by atoms with Gasteiger partial charge in [0.2, 0.25) is 28.6 Å². The van der Waals surface area contributed by atoms with Crippen LogP contribution in [-0.2, 0) is 19.6 Å². The molecule has 1 saturated heterocycles. The van der Waals surface area contributed by atoms with Crippen molar-refractivity contribution in [3.8, 4) is 11.5 Å². The summed E-state index contributed by atoms with van der Waals surface area (Å²) in [4.78, 5) is 27.0. The second kappa shape index (κ2) is 8.79. The summed E-state index contributed by atoms with van der Waals surface area (Å²) in [5, 5.41) is 2.82. The van der Waals surface area contributed by atoms with E-state index in [0.29, 0.717) is 36.0 Å². The molecule has 2 aliphatic heterocycles. The molecule has 0 spiro atoms. The average Bonchev–Trinajstić information content (AvgIpc) is 3.40. The smallest absolute Gasteiger partial charge is 0.243 e. The number of hydrogen-bond donors (Lipinski definition) is 1. The number of fused-ring (bicyclic) bond motifs is 1. The van der Waals surface area contributed by atoms with Gasteiger partial charge in [0.15, 0.2) is 11.5 Å². The lowest BCUT2D eigenvalue weighted by Crippen LogP contribution is -2.31.